The first-order chi connectivity index (χ1) is 9.95. The maximum Gasteiger partial charge on any atom is 0.494 e. The number of rotatable bonds is 4. The molecule has 1 aromatic rings. The lowest BCUT2D eigenvalue weighted by atomic mass is 9.78. The lowest BCUT2D eigenvalue weighted by Gasteiger charge is -2.32. The molecule has 0 amide bonds. The fraction of sp³-hybridized carbons (Fsp3) is 0.647. The standard InChI is InChI=1S/C17H29BNO3/c1-16(2)17(3,4)22-18(21-16)14-9-10-15(20-8)13(11-14)12-19(5,6)7/h9-11H,12H2,1-8H3/q+1. The first-order valence-electron chi connectivity index (χ1n) is 7.78. The number of hydrogen-bond donors (Lipinski definition) is 0. The van der Waals surface area contributed by atoms with Crippen molar-refractivity contribution >= 4 is 12.6 Å². The van der Waals surface area contributed by atoms with Crippen molar-refractivity contribution in [3.8, 4) is 5.75 Å². The van der Waals surface area contributed by atoms with Gasteiger partial charge in [0.05, 0.1) is 39.5 Å². The molecule has 1 saturated heterocycles. The smallest absolute Gasteiger partial charge is 0.494 e. The van der Waals surface area contributed by atoms with E-state index in [1.54, 1.807) is 7.11 Å². The molecule has 1 aromatic carbocycles. The molecule has 0 aliphatic carbocycles. The number of methoxy groups -OCH3 is 1. The molecule has 122 valence electrons. The summed E-state index contributed by atoms with van der Waals surface area (Å²) >= 11 is 0. The van der Waals surface area contributed by atoms with Crippen LogP contribution in [0.2, 0.25) is 0 Å². The quantitative estimate of drug-likeness (QED) is 0.630. The zero-order chi connectivity index (χ0) is 16.8. The Morgan fingerprint density at radius 1 is 1.05 bits per heavy atom. The van der Waals surface area contributed by atoms with Gasteiger partial charge < -0.3 is 18.5 Å². The molecule has 0 aromatic heterocycles. The number of benzene rings is 1. The van der Waals surface area contributed by atoms with Gasteiger partial charge in [0.1, 0.15) is 12.3 Å². The van der Waals surface area contributed by atoms with E-state index in [-0.39, 0.29) is 18.3 Å². The fourth-order valence-electron chi connectivity index (χ4n) is 2.56. The minimum atomic E-state index is -0.331. The van der Waals surface area contributed by atoms with Crippen molar-refractivity contribution in [3.05, 3.63) is 23.8 Å². The minimum absolute atomic E-state index is 0.322. The second-order valence-corrected chi connectivity index (χ2v) is 8.11. The van der Waals surface area contributed by atoms with E-state index in [1.165, 1.54) is 5.56 Å². The molecule has 0 unspecified atom stereocenters. The second kappa shape index (κ2) is 5.55. The molecule has 0 radical (unpaired) electrons. The minimum Gasteiger partial charge on any atom is -0.496 e. The van der Waals surface area contributed by atoms with Gasteiger partial charge in [-0.1, -0.05) is 6.07 Å². The van der Waals surface area contributed by atoms with Crippen LogP contribution in [-0.2, 0) is 15.9 Å². The number of ether oxygens (including phenoxy) is 1. The zero-order valence-electron chi connectivity index (χ0n) is 15.2. The molecular formula is C17H29BNO3+. The van der Waals surface area contributed by atoms with Crippen molar-refractivity contribution in [2.24, 2.45) is 0 Å². The summed E-state index contributed by atoms with van der Waals surface area (Å²) in [6.45, 7) is 9.18. The summed E-state index contributed by atoms with van der Waals surface area (Å²) in [5.41, 5.74) is 1.57. The Kier molecular flexibility index (Phi) is 4.37. The summed E-state index contributed by atoms with van der Waals surface area (Å²) < 4.78 is 18.6. The Morgan fingerprint density at radius 2 is 1.59 bits per heavy atom. The molecule has 0 N–H and O–H groups in total. The van der Waals surface area contributed by atoms with Gasteiger partial charge in [0.25, 0.3) is 0 Å². The summed E-state index contributed by atoms with van der Waals surface area (Å²) in [5, 5.41) is 0. The van der Waals surface area contributed by atoms with Crippen LogP contribution in [0.4, 0.5) is 0 Å². The van der Waals surface area contributed by atoms with Crippen LogP contribution < -0.4 is 10.2 Å². The van der Waals surface area contributed by atoms with E-state index >= 15 is 0 Å². The van der Waals surface area contributed by atoms with Crippen molar-refractivity contribution in [3.63, 3.8) is 0 Å². The Bertz CT molecular complexity index is 533. The Morgan fingerprint density at radius 3 is 2.05 bits per heavy atom. The van der Waals surface area contributed by atoms with Crippen molar-refractivity contribution in [2.45, 2.75) is 45.4 Å². The average molecular weight is 306 g/mol. The molecule has 22 heavy (non-hydrogen) atoms. The van der Waals surface area contributed by atoms with Gasteiger partial charge in [-0.25, -0.2) is 0 Å². The van der Waals surface area contributed by atoms with Crippen molar-refractivity contribution in [1.29, 1.82) is 0 Å². The fourth-order valence-corrected chi connectivity index (χ4v) is 2.56. The van der Waals surface area contributed by atoms with Crippen LogP contribution in [0.3, 0.4) is 0 Å². The van der Waals surface area contributed by atoms with Gasteiger partial charge in [0.2, 0.25) is 0 Å². The molecule has 1 aliphatic heterocycles. The summed E-state index contributed by atoms with van der Waals surface area (Å²) in [6.07, 6.45) is 0. The normalized spacial score (nSPS) is 20.3. The molecular weight excluding hydrogens is 277 g/mol. The first-order valence-corrected chi connectivity index (χ1v) is 7.78. The number of hydrogen-bond acceptors (Lipinski definition) is 3. The van der Waals surface area contributed by atoms with E-state index in [9.17, 15) is 0 Å². The molecule has 5 heteroatoms. The van der Waals surface area contributed by atoms with Crippen LogP contribution in [0.25, 0.3) is 0 Å². The summed E-state index contributed by atoms with van der Waals surface area (Å²) in [6, 6.07) is 6.18. The largest absolute Gasteiger partial charge is 0.496 e. The maximum absolute atomic E-state index is 6.14. The Labute approximate surface area is 135 Å². The van der Waals surface area contributed by atoms with Gasteiger partial charge in [0, 0.05) is 5.56 Å². The molecule has 0 bridgehead atoms. The van der Waals surface area contributed by atoms with Gasteiger partial charge in [-0.05, 0) is 45.3 Å². The highest BCUT2D eigenvalue weighted by molar-refractivity contribution is 6.62. The third kappa shape index (κ3) is 3.48. The maximum atomic E-state index is 6.14. The first kappa shape index (κ1) is 17.3. The van der Waals surface area contributed by atoms with E-state index in [0.717, 1.165) is 22.2 Å². The highest BCUT2D eigenvalue weighted by Crippen LogP contribution is 2.36. The predicted octanol–water partition coefficient (Wildman–Crippen LogP) is 2.20. The summed E-state index contributed by atoms with van der Waals surface area (Å²) in [4.78, 5) is 0. The van der Waals surface area contributed by atoms with Crippen LogP contribution in [0.15, 0.2) is 18.2 Å². The van der Waals surface area contributed by atoms with E-state index in [4.69, 9.17) is 14.0 Å². The van der Waals surface area contributed by atoms with Crippen LogP contribution in [0.1, 0.15) is 33.3 Å². The molecule has 0 atom stereocenters. The van der Waals surface area contributed by atoms with Gasteiger partial charge in [-0.3, -0.25) is 0 Å². The topological polar surface area (TPSA) is 27.7 Å². The molecule has 1 aliphatic rings. The Balaban J connectivity index is 2.32. The van der Waals surface area contributed by atoms with E-state index in [1.807, 2.05) is 12.1 Å². The number of nitrogens with zero attached hydrogens (tertiary/aromatic N) is 1. The number of quaternary nitrogens is 1. The molecule has 0 saturated carbocycles. The SMILES string of the molecule is COc1ccc(B2OC(C)(C)C(C)(C)O2)cc1C[N+](C)(C)C. The van der Waals surface area contributed by atoms with Crippen LogP contribution >= 0.6 is 0 Å². The monoisotopic (exact) mass is 306 g/mol. The van der Waals surface area contributed by atoms with Gasteiger partial charge in [0.15, 0.2) is 0 Å². The van der Waals surface area contributed by atoms with Crippen LogP contribution in [-0.4, -0.2) is 51.1 Å². The molecule has 1 heterocycles. The summed E-state index contributed by atoms with van der Waals surface area (Å²) in [5.74, 6) is 0.910. The van der Waals surface area contributed by atoms with Crippen molar-refractivity contribution in [1.82, 2.24) is 0 Å². The third-order valence-corrected chi connectivity index (χ3v) is 4.47. The van der Waals surface area contributed by atoms with Gasteiger partial charge >= 0.3 is 7.12 Å². The summed E-state index contributed by atoms with van der Waals surface area (Å²) in [7, 11) is 7.88. The van der Waals surface area contributed by atoms with Gasteiger partial charge in [-0.15, -0.1) is 0 Å². The Hall–Kier alpha value is -1.04. The molecule has 2 rings (SSSR count). The van der Waals surface area contributed by atoms with Crippen molar-refractivity contribution in [2.75, 3.05) is 28.3 Å². The lowest BCUT2D eigenvalue weighted by molar-refractivity contribution is -0.884. The van der Waals surface area contributed by atoms with Crippen LogP contribution in [0, 0.1) is 0 Å². The van der Waals surface area contributed by atoms with E-state index < -0.39 is 0 Å². The van der Waals surface area contributed by atoms with E-state index in [0.29, 0.717) is 0 Å². The predicted molar refractivity (Wildman–Crippen MR) is 90.4 cm³/mol. The second-order valence-electron chi connectivity index (χ2n) is 8.11. The highest BCUT2D eigenvalue weighted by atomic mass is 16.7. The highest BCUT2D eigenvalue weighted by Gasteiger charge is 2.51. The average Bonchev–Trinajstić information content (AvgIpc) is 2.56. The van der Waals surface area contributed by atoms with Crippen molar-refractivity contribution < 1.29 is 18.5 Å². The van der Waals surface area contributed by atoms with Crippen LogP contribution in [0.5, 0.6) is 5.75 Å². The molecule has 1 fully saturated rings. The molecule has 4 nitrogen and oxygen atoms in total. The van der Waals surface area contributed by atoms with Gasteiger partial charge in [-0.2, -0.15) is 0 Å². The third-order valence-electron chi connectivity index (χ3n) is 4.47. The lowest BCUT2D eigenvalue weighted by Crippen LogP contribution is -2.41. The molecule has 0 spiro atoms. The zero-order valence-corrected chi connectivity index (χ0v) is 15.2. The van der Waals surface area contributed by atoms with E-state index in [2.05, 4.69) is 54.9 Å².